The van der Waals surface area contributed by atoms with Gasteiger partial charge in [0.2, 0.25) is 0 Å². The molecule has 122 valence electrons. The molecule has 1 aromatic heterocycles. The molecule has 5 nitrogen and oxygen atoms in total. The summed E-state index contributed by atoms with van der Waals surface area (Å²) in [7, 11) is 0. The maximum absolute atomic E-state index is 12.0. The first-order valence-electron chi connectivity index (χ1n) is 7.68. The van der Waals surface area contributed by atoms with Crippen molar-refractivity contribution in [3.8, 4) is 17.2 Å². The molecule has 0 radical (unpaired) electrons. The molecular formula is C20H15N3O2. The Morgan fingerprint density at radius 2 is 1.80 bits per heavy atom. The lowest BCUT2D eigenvalue weighted by molar-refractivity contribution is 0.155. The molecule has 0 aliphatic rings. The highest BCUT2D eigenvalue weighted by Crippen LogP contribution is 2.24. The van der Waals surface area contributed by atoms with Crippen molar-refractivity contribution in [1.29, 1.82) is 5.26 Å². The third-order valence-corrected chi connectivity index (χ3v) is 3.53. The Bertz CT molecular complexity index is 903. The first kappa shape index (κ1) is 16.2. The predicted octanol–water partition coefficient (Wildman–Crippen LogP) is 4.37. The van der Waals surface area contributed by atoms with Gasteiger partial charge in [0, 0.05) is 18.1 Å². The number of benzene rings is 2. The number of rotatable bonds is 4. The van der Waals surface area contributed by atoms with Gasteiger partial charge < -0.3 is 4.74 Å². The van der Waals surface area contributed by atoms with Crippen LogP contribution in [0.1, 0.15) is 11.1 Å². The van der Waals surface area contributed by atoms with E-state index in [0.29, 0.717) is 11.3 Å². The van der Waals surface area contributed by atoms with E-state index in [-0.39, 0.29) is 6.61 Å². The second kappa shape index (κ2) is 7.75. The summed E-state index contributed by atoms with van der Waals surface area (Å²) in [6.07, 6.45) is 2.78. The molecule has 0 aliphatic heterocycles. The molecule has 0 unspecified atom stereocenters. The first-order chi connectivity index (χ1) is 12.2. The molecular weight excluding hydrogens is 314 g/mol. The minimum absolute atomic E-state index is 0.182. The van der Waals surface area contributed by atoms with Crippen LogP contribution in [0.15, 0.2) is 73.1 Å². The number of nitrogens with one attached hydrogen (secondary N) is 1. The minimum atomic E-state index is -0.570. The van der Waals surface area contributed by atoms with Gasteiger partial charge >= 0.3 is 6.09 Å². The van der Waals surface area contributed by atoms with Crippen molar-refractivity contribution in [1.82, 2.24) is 4.98 Å². The predicted molar refractivity (Wildman–Crippen MR) is 94.6 cm³/mol. The van der Waals surface area contributed by atoms with Crippen molar-refractivity contribution in [3.05, 3.63) is 84.2 Å². The first-order valence-corrected chi connectivity index (χ1v) is 7.68. The smallest absolute Gasteiger partial charge is 0.411 e. The maximum Gasteiger partial charge on any atom is 0.411 e. The molecule has 0 bridgehead atoms. The average molecular weight is 329 g/mol. The Hall–Kier alpha value is -3.65. The molecule has 25 heavy (non-hydrogen) atoms. The Labute approximate surface area is 145 Å². The van der Waals surface area contributed by atoms with Crippen LogP contribution in [0.3, 0.4) is 0 Å². The molecule has 1 N–H and O–H groups in total. The lowest BCUT2D eigenvalue weighted by Crippen LogP contribution is -2.13. The monoisotopic (exact) mass is 329 g/mol. The molecule has 3 aromatic rings. The second-order valence-electron chi connectivity index (χ2n) is 5.33. The summed E-state index contributed by atoms with van der Waals surface area (Å²) in [4.78, 5) is 16.0. The third kappa shape index (κ3) is 4.43. The van der Waals surface area contributed by atoms with E-state index in [1.165, 1.54) is 0 Å². The molecule has 0 fully saturated rings. The number of nitriles is 1. The summed E-state index contributed by atoms with van der Waals surface area (Å²) < 4.78 is 5.21. The average Bonchev–Trinajstić information content (AvgIpc) is 2.67. The number of pyridine rings is 1. The van der Waals surface area contributed by atoms with Crippen molar-refractivity contribution in [2.45, 2.75) is 6.61 Å². The second-order valence-corrected chi connectivity index (χ2v) is 5.33. The van der Waals surface area contributed by atoms with E-state index in [0.717, 1.165) is 16.7 Å². The number of carbonyl (C=O) groups is 1. The fourth-order valence-corrected chi connectivity index (χ4v) is 2.35. The largest absolute Gasteiger partial charge is 0.444 e. The molecule has 0 spiro atoms. The van der Waals surface area contributed by atoms with Gasteiger partial charge in [0.15, 0.2) is 0 Å². The zero-order chi connectivity index (χ0) is 17.5. The van der Waals surface area contributed by atoms with Crippen molar-refractivity contribution in [2.24, 2.45) is 0 Å². The van der Waals surface area contributed by atoms with Crippen molar-refractivity contribution in [2.75, 3.05) is 5.32 Å². The molecule has 5 heteroatoms. The molecule has 0 aliphatic carbocycles. The summed E-state index contributed by atoms with van der Waals surface area (Å²) in [5.41, 5.74) is 3.59. The highest BCUT2D eigenvalue weighted by atomic mass is 16.5. The Morgan fingerprint density at radius 3 is 2.52 bits per heavy atom. The van der Waals surface area contributed by atoms with Gasteiger partial charge in [-0.05, 0) is 47.0 Å². The van der Waals surface area contributed by atoms with Crippen LogP contribution in [-0.2, 0) is 11.3 Å². The van der Waals surface area contributed by atoms with E-state index in [9.17, 15) is 10.1 Å². The van der Waals surface area contributed by atoms with Gasteiger partial charge in [0.05, 0.1) is 11.6 Å². The van der Waals surface area contributed by atoms with Gasteiger partial charge in [-0.25, -0.2) is 4.79 Å². The molecule has 0 atom stereocenters. The van der Waals surface area contributed by atoms with Crippen LogP contribution in [0, 0.1) is 11.3 Å². The fraction of sp³-hybridized carbons (Fsp3) is 0.0500. The Balaban J connectivity index is 1.73. The number of anilines is 1. The number of hydrogen-bond acceptors (Lipinski definition) is 4. The number of ether oxygens (including phenoxy) is 1. The van der Waals surface area contributed by atoms with Gasteiger partial charge in [0.25, 0.3) is 0 Å². The molecule has 0 saturated heterocycles. The summed E-state index contributed by atoms with van der Waals surface area (Å²) >= 11 is 0. The van der Waals surface area contributed by atoms with Crippen LogP contribution in [0.25, 0.3) is 11.1 Å². The van der Waals surface area contributed by atoms with Gasteiger partial charge in [-0.2, -0.15) is 5.26 Å². The van der Waals surface area contributed by atoms with Gasteiger partial charge in [-0.15, -0.1) is 0 Å². The van der Waals surface area contributed by atoms with Crippen molar-refractivity contribution in [3.63, 3.8) is 0 Å². The molecule has 2 aromatic carbocycles. The summed E-state index contributed by atoms with van der Waals surface area (Å²) in [6, 6.07) is 20.4. The van der Waals surface area contributed by atoms with Crippen LogP contribution < -0.4 is 5.32 Å². The van der Waals surface area contributed by atoms with Crippen molar-refractivity contribution >= 4 is 11.8 Å². The lowest BCUT2D eigenvalue weighted by atomic mass is 10.0. The number of nitrogens with zero attached hydrogens (tertiary/aromatic N) is 2. The van der Waals surface area contributed by atoms with Gasteiger partial charge in [-0.3, -0.25) is 10.3 Å². The van der Waals surface area contributed by atoms with E-state index >= 15 is 0 Å². The van der Waals surface area contributed by atoms with E-state index in [1.54, 1.807) is 30.6 Å². The van der Waals surface area contributed by atoms with Gasteiger partial charge in [-0.1, -0.05) is 30.3 Å². The van der Waals surface area contributed by atoms with Crippen LogP contribution in [-0.4, -0.2) is 11.1 Å². The molecule has 0 saturated carbocycles. The zero-order valence-corrected chi connectivity index (χ0v) is 13.3. The standard InChI is InChI=1S/C20H15N3O2/c21-13-16-10-18(17-6-8-22-9-7-17)12-19(11-16)23-20(24)25-14-15-4-2-1-3-5-15/h1-12H,14H2,(H,23,24). The summed E-state index contributed by atoms with van der Waals surface area (Å²) in [5.74, 6) is 0. The minimum Gasteiger partial charge on any atom is -0.444 e. The van der Waals surface area contributed by atoms with Crippen LogP contribution in [0.2, 0.25) is 0 Å². The van der Waals surface area contributed by atoms with Crippen LogP contribution in [0.4, 0.5) is 10.5 Å². The Morgan fingerprint density at radius 1 is 1.04 bits per heavy atom. The van der Waals surface area contributed by atoms with E-state index in [2.05, 4.69) is 16.4 Å². The zero-order valence-electron chi connectivity index (χ0n) is 13.3. The van der Waals surface area contributed by atoms with E-state index in [1.807, 2.05) is 42.5 Å². The van der Waals surface area contributed by atoms with Crippen LogP contribution >= 0.6 is 0 Å². The number of carbonyl (C=O) groups excluding carboxylic acids is 1. The number of hydrogen-bond donors (Lipinski definition) is 1. The van der Waals surface area contributed by atoms with Crippen molar-refractivity contribution < 1.29 is 9.53 Å². The summed E-state index contributed by atoms with van der Waals surface area (Å²) in [6.45, 7) is 0.182. The maximum atomic E-state index is 12.0. The van der Waals surface area contributed by atoms with Crippen LogP contribution in [0.5, 0.6) is 0 Å². The molecule has 1 amide bonds. The SMILES string of the molecule is N#Cc1cc(NC(=O)OCc2ccccc2)cc(-c2ccncc2)c1. The topological polar surface area (TPSA) is 75.0 Å². The highest BCUT2D eigenvalue weighted by Gasteiger charge is 2.08. The lowest BCUT2D eigenvalue weighted by Gasteiger charge is -2.09. The molecule has 1 heterocycles. The summed E-state index contributed by atoms with van der Waals surface area (Å²) in [5, 5.41) is 11.9. The highest BCUT2D eigenvalue weighted by molar-refractivity contribution is 5.86. The number of amides is 1. The van der Waals surface area contributed by atoms with E-state index < -0.39 is 6.09 Å². The number of aromatic nitrogens is 1. The Kier molecular flexibility index (Phi) is 5.03. The van der Waals surface area contributed by atoms with E-state index in [4.69, 9.17) is 4.74 Å². The molecule has 3 rings (SSSR count). The van der Waals surface area contributed by atoms with Gasteiger partial charge in [0.1, 0.15) is 6.61 Å². The normalized spacial score (nSPS) is 9.88. The fourth-order valence-electron chi connectivity index (χ4n) is 2.35. The third-order valence-electron chi connectivity index (χ3n) is 3.53. The quantitative estimate of drug-likeness (QED) is 0.771.